The van der Waals surface area contributed by atoms with E-state index in [1.54, 1.807) is 6.07 Å². The normalized spacial score (nSPS) is 12.4. The maximum Gasteiger partial charge on any atom is 0.416 e. The Bertz CT molecular complexity index is 1000. The molecule has 26 heavy (non-hydrogen) atoms. The summed E-state index contributed by atoms with van der Waals surface area (Å²) in [7, 11) is -1.73. The van der Waals surface area contributed by atoms with Crippen LogP contribution in [0.25, 0.3) is 5.69 Å². The smallest absolute Gasteiger partial charge is 0.382 e. The van der Waals surface area contributed by atoms with E-state index >= 15 is 0 Å². The van der Waals surface area contributed by atoms with Gasteiger partial charge in [0, 0.05) is 14.1 Å². The molecule has 2 rings (SSSR count). The first kappa shape index (κ1) is 20.3. The van der Waals surface area contributed by atoms with Crippen molar-refractivity contribution < 1.29 is 21.6 Å². The number of halogens is 5. The second-order valence-corrected chi connectivity index (χ2v) is 8.06. The predicted octanol–water partition coefficient (Wildman–Crippen LogP) is 2.90. The van der Waals surface area contributed by atoms with Crippen molar-refractivity contribution in [3.63, 3.8) is 0 Å². The molecule has 1 aromatic carbocycles. The summed E-state index contributed by atoms with van der Waals surface area (Å²) in [6.07, 6.45) is -4.70. The van der Waals surface area contributed by atoms with E-state index in [1.165, 1.54) is 14.1 Å². The van der Waals surface area contributed by atoms with Crippen LogP contribution in [-0.2, 0) is 16.2 Å². The number of sulfonamides is 1. The standard InChI is InChI=1S/C13H10Cl2F3N5O2S/c1-22(2)26(24,25)11-9(5-19)21-23(12(11)20)10-7(14)3-6(4-8(10)15)13(16,17)18/h3-4H,20H2,1-2H3. The number of hydrogen-bond acceptors (Lipinski definition) is 5. The van der Waals surface area contributed by atoms with Gasteiger partial charge in [0.05, 0.1) is 15.6 Å². The molecule has 0 aliphatic heterocycles. The van der Waals surface area contributed by atoms with Crippen molar-refractivity contribution in [2.24, 2.45) is 0 Å². The topological polar surface area (TPSA) is 105 Å². The highest BCUT2D eigenvalue weighted by Crippen LogP contribution is 2.39. The Hall–Kier alpha value is -2.00. The molecule has 0 fully saturated rings. The molecule has 0 radical (unpaired) electrons. The number of benzene rings is 1. The maximum atomic E-state index is 12.8. The number of nitrogens with zero attached hydrogens (tertiary/aromatic N) is 4. The van der Waals surface area contributed by atoms with Crippen molar-refractivity contribution in [3.05, 3.63) is 33.4 Å². The van der Waals surface area contributed by atoms with Gasteiger partial charge in [-0.2, -0.15) is 23.5 Å². The lowest BCUT2D eigenvalue weighted by Crippen LogP contribution is -2.23. The SMILES string of the molecule is CN(C)S(=O)(=O)c1c(C#N)nn(-c2c(Cl)cc(C(F)(F)F)cc2Cl)c1N. The molecule has 2 aromatic rings. The number of hydrogen-bond donors (Lipinski definition) is 1. The molecule has 1 aromatic heterocycles. The van der Waals surface area contributed by atoms with Crippen LogP contribution in [0.3, 0.4) is 0 Å². The molecule has 0 saturated heterocycles. The average molecular weight is 428 g/mol. The van der Waals surface area contributed by atoms with Crippen LogP contribution < -0.4 is 5.73 Å². The van der Waals surface area contributed by atoms with Gasteiger partial charge in [-0.25, -0.2) is 17.4 Å². The molecular formula is C13H10Cl2F3N5O2S. The quantitative estimate of drug-likeness (QED) is 0.810. The molecule has 0 bridgehead atoms. The highest BCUT2D eigenvalue weighted by Gasteiger charge is 2.34. The molecule has 1 heterocycles. The van der Waals surface area contributed by atoms with Crippen LogP contribution in [0.2, 0.25) is 10.0 Å². The van der Waals surface area contributed by atoms with Crippen molar-refractivity contribution in [2.75, 3.05) is 19.8 Å². The highest BCUT2D eigenvalue weighted by molar-refractivity contribution is 7.89. The van der Waals surface area contributed by atoms with Gasteiger partial charge in [-0.1, -0.05) is 23.2 Å². The summed E-state index contributed by atoms with van der Waals surface area (Å²) in [6, 6.07) is 2.76. The molecule has 13 heteroatoms. The molecule has 0 aliphatic carbocycles. The fourth-order valence-electron chi connectivity index (χ4n) is 2.03. The Kier molecular flexibility index (Phi) is 5.17. The molecule has 140 valence electrons. The summed E-state index contributed by atoms with van der Waals surface area (Å²) < 4.78 is 64.8. The van der Waals surface area contributed by atoms with Gasteiger partial charge in [-0.3, -0.25) is 0 Å². The zero-order valence-corrected chi connectivity index (χ0v) is 15.5. The third-order valence-electron chi connectivity index (χ3n) is 3.28. The first-order valence-corrected chi connectivity index (χ1v) is 8.79. The summed E-state index contributed by atoms with van der Waals surface area (Å²) in [5, 5.41) is 11.9. The molecule has 0 aliphatic rings. The van der Waals surface area contributed by atoms with Crippen LogP contribution in [0, 0.1) is 11.3 Å². The highest BCUT2D eigenvalue weighted by atomic mass is 35.5. The van der Waals surface area contributed by atoms with Gasteiger partial charge in [0.1, 0.15) is 17.6 Å². The second kappa shape index (κ2) is 6.62. The number of nitriles is 1. The largest absolute Gasteiger partial charge is 0.416 e. The number of nitrogen functional groups attached to an aromatic ring is 1. The first-order valence-electron chi connectivity index (χ1n) is 6.60. The zero-order chi connectivity index (χ0) is 20.0. The van der Waals surface area contributed by atoms with Crippen molar-refractivity contribution in [1.82, 2.24) is 14.1 Å². The van der Waals surface area contributed by atoms with Crippen molar-refractivity contribution in [1.29, 1.82) is 5.26 Å². The maximum absolute atomic E-state index is 12.8. The molecule has 0 amide bonds. The average Bonchev–Trinajstić information content (AvgIpc) is 2.82. The van der Waals surface area contributed by atoms with Gasteiger partial charge in [-0.15, -0.1) is 0 Å². The number of rotatable bonds is 3. The molecule has 0 saturated carbocycles. The van der Waals surface area contributed by atoms with E-state index in [0.29, 0.717) is 12.1 Å². The minimum atomic E-state index is -4.70. The second-order valence-electron chi connectivity index (χ2n) is 5.16. The van der Waals surface area contributed by atoms with Gasteiger partial charge in [-0.05, 0) is 12.1 Å². The Morgan fingerprint density at radius 2 is 1.77 bits per heavy atom. The summed E-state index contributed by atoms with van der Waals surface area (Å²) in [6.45, 7) is 0. The van der Waals surface area contributed by atoms with Gasteiger partial charge >= 0.3 is 6.18 Å². The molecule has 0 atom stereocenters. The Balaban J connectivity index is 2.81. The van der Waals surface area contributed by atoms with E-state index in [1.807, 2.05) is 0 Å². The predicted molar refractivity (Wildman–Crippen MR) is 88.6 cm³/mol. The fourth-order valence-corrected chi connectivity index (χ4v) is 3.72. The lowest BCUT2D eigenvalue weighted by molar-refractivity contribution is -0.137. The van der Waals surface area contributed by atoms with E-state index in [0.717, 1.165) is 8.99 Å². The summed E-state index contributed by atoms with van der Waals surface area (Å²) in [5.41, 5.74) is 3.86. The first-order chi connectivity index (χ1) is 11.8. The summed E-state index contributed by atoms with van der Waals surface area (Å²) >= 11 is 11.8. The molecule has 0 unspecified atom stereocenters. The number of aromatic nitrogens is 2. The van der Waals surface area contributed by atoms with E-state index in [4.69, 9.17) is 34.2 Å². The minimum Gasteiger partial charge on any atom is -0.382 e. The van der Waals surface area contributed by atoms with E-state index in [-0.39, 0.29) is 5.69 Å². The van der Waals surface area contributed by atoms with Crippen LogP contribution in [0.1, 0.15) is 11.3 Å². The number of anilines is 1. The third-order valence-corrected chi connectivity index (χ3v) is 5.73. The van der Waals surface area contributed by atoms with Crippen molar-refractivity contribution >= 4 is 39.0 Å². The molecular weight excluding hydrogens is 418 g/mol. The van der Waals surface area contributed by atoms with Crippen molar-refractivity contribution in [3.8, 4) is 11.8 Å². The van der Waals surface area contributed by atoms with Gasteiger partial charge < -0.3 is 5.73 Å². The number of alkyl halides is 3. The lowest BCUT2D eigenvalue weighted by Gasteiger charge is -2.14. The van der Waals surface area contributed by atoms with Gasteiger partial charge in [0.2, 0.25) is 10.0 Å². The monoisotopic (exact) mass is 427 g/mol. The minimum absolute atomic E-state index is 0.282. The van der Waals surface area contributed by atoms with E-state index < -0.39 is 48.2 Å². The number of nitrogens with two attached hydrogens (primary N) is 1. The van der Waals surface area contributed by atoms with Crippen LogP contribution in [0.15, 0.2) is 17.0 Å². The summed E-state index contributed by atoms with van der Waals surface area (Å²) in [4.78, 5) is -0.600. The molecule has 2 N–H and O–H groups in total. The van der Waals surface area contributed by atoms with Gasteiger partial charge in [0.25, 0.3) is 0 Å². The molecule has 7 nitrogen and oxygen atoms in total. The van der Waals surface area contributed by atoms with Crippen LogP contribution in [0.4, 0.5) is 19.0 Å². The zero-order valence-electron chi connectivity index (χ0n) is 13.1. The third kappa shape index (κ3) is 3.33. The Morgan fingerprint density at radius 1 is 1.27 bits per heavy atom. The molecule has 0 spiro atoms. The van der Waals surface area contributed by atoms with Crippen molar-refractivity contribution in [2.45, 2.75) is 11.1 Å². The van der Waals surface area contributed by atoms with Crippen LogP contribution in [-0.4, -0.2) is 36.6 Å². The summed E-state index contributed by atoms with van der Waals surface area (Å²) in [5.74, 6) is -0.515. The van der Waals surface area contributed by atoms with E-state index in [2.05, 4.69) is 5.10 Å². The lowest BCUT2D eigenvalue weighted by atomic mass is 10.2. The van der Waals surface area contributed by atoms with E-state index in [9.17, 15) is 21.6 Å². The van der Waals surface area contributed by atoms with Crippen LogP contribution in [0.5, 0.6) is 0 Å². The van der Waals surface area contributed by atoms with Crippen LogP contribution >= 0.6 is 23.2 Å². The Labute approximate surface area is 156 Å². The Morgan fingerprint density at radius 3 is 2.15 bits per heavy atom. The fraction of sp³-hybridized carbons (Fsp3) is 0.231. The van der Waals surface area contributed by atoms with Gasteiger partial charge in [0.15, 0.2) is 10.6 Å².